The van der Waals surface area contributed by atoms with Crippen LogP contribution >= 0.6 is 0 Å². The lowest BCUT2D eigenvalue weighted by atomic mass is 9.85. The van der Waals surface area contributed by atoms with Crippen LogP contribution in [0.2, 0.25) is 0 Å². The lowest BCUT2D eigenvalue weighted by Crippen LogP contribution is -2.53. The smallest absolute Gasteiger partial charge is 0.407 e. The van der Waals surface area contributed by atoms with Crippen molar-refractivity contribution < 1.29 is 23.0 Å². The van der Waals surface area contributed by atoms with Crippen LogP contribution < -0.4 is 10.1 Å². The highest BCUT2D eigenvalue weighted by Gasteiger charge is 2.42. The third kappa shape index (κ3) is 4.56. The molecule has 2 aromatic rings. The van der Waals surface area contributed by atoms with Gasteiger partial charge in [-0.2, -0.15) is 8.78 Å². The molecule has 4 aliphatic rings. The second kappa shape index (κ2) is 8.60. The molecule has 1 aliphatic carbocycles. The number of rotatable bonds is 5. The molecule has 0 spiro atoms. The zero-order valence-electron chi connectivity index (χ0n) is 19.0. The van der Waals surface area contributed by atoms with Crippen LogP contribution in [0.3, 0.4) is 0 Å². The molecule has 7 heteroatoms. The zero-order valence-corrected chi connectivity index (χ0v) is 19.0. The maximum absolute atomic E-state index is 12.8. The Morgan fingerprint density at radius 3 is 2.42 bits per heavy atom. The number of halogens is 2. The number of hydrogen-bond acceptors (Lipinski definition) is 4. The number of nitrogens with zero attached hydrogens (tertiary/aromatic N) is 1. The van der Waals surface area contributed by atoms with E-state index in [1.165, 1.54) is 5.56 Å². The molecular weight excluding hydrogens is 426 g/mol. The summed E-state index contributed by atoms with van der Waals surface area (Å²) in [4.78, 5) is 15.2. The Balaban J connectivity index is 1.29. The van der Waals surface area contributed by atoms with Crippen LogP contribution in [0.15, 0.2) is 42.5 Å². The molecule has 6 rings (SSSR count). The van der Waals surface area contributed by atoms with Crippen molar-refractivity contribution in [2.24, 2.45) is 11.3 Å². The fraction of sp³-hybridized carbons (Fsp3) is 0.500. The van der Waals surface area contributed by atoms with Gasteiger partial charge in [0.1, 0.15) is 11.9 Å². The van der Waals surface area contributed by atoms with Crippen LogP contribution in [0.4, 0.5) is 13.6 Å². The molecule has 0 aromatic heterocycles. The van der Waals surface area contributed by atoms with E-state index in [4.69, 9.17) is 4.74 Å². The average molecular weight is 457 g/mol. The van der Waals surface area contributed by atoms with Crippen LogP contribution in [0, 0.1) is 11.3 Å². The second-order valence-corrected chi connectivity index (χ2v) is 10.1. The third-order valence-electron chi connectivity index (χ3n) is 7.41. The maximum Gasteiger partial charge on any atom is 0.407 e. The normalized spacial score (nSPS) is 27.3. The lowest BCUT2D eigenvalue weighted by Gasteiger charge is -2.44. The van der Waals surface area contributed by atoms with Gasteiger partial charge in [-0.1, -0.05) is 44.2 Å². The van der Waals surface area contributed by atoms with Gasteiger partial charge in [-0.3, -0.25) is 4.90 Å². The molecule has 3 saturated heterocycles. The minimum absolute atomic E-state index is 0.0177. The number of carbonyl (C=O) groups excluding carboxylic acids is 1. The van der Waals surface area contributed by atoms with Gasteiger partial charge in [0.2, 0.25) is 0 Å². The van der Waals surface area contributed by atoms with E-state index >= 15 is 0 Å². The second-order valence-electron chi connectivity index (χ2n) is 10.1. The molecule has 2 aromatic carbocycles. The molecule has 5 nitrogen and oxygen atoms in total. The van der Waals surface area contributed by atoms with Crippen LogP contribution in [0.1, 0.15) is 43.9 Å². The van der Waals surface area contributed by atoms with Crippen molar-refractivity contribution in [3.8, 4) is 16.9 Å². The van der Waals surface area contributed by atoms with Crippen LogP contribution in [0.5, 0.6) is 5.75 Å². The highest BCUT2D eigenvalue weighted by atomic mass is 19.3. The molecule has 2 atom stereocenters. The Bertz CT molecular complexity index is 1020. The first-order valence-corrected chi connectivity index (χ1v) is 11.7. The topological polar surface area (TPSA) is 50.8 Å². The van der Waals surface area contributed by atoms with E-state index < -0.39 is 6.61 Å². The fourth-order valence-corrected chi connectivity index (χ4v) is 5.67. The lowest BCUT2D eigenvalue weighted by molar-refractivity contribution is -0.0498. The number of fused-ring (bicyclic) bond motifs is 4. The van der Waals surface area contributed by atoms with Crippen molar-refractivity contribution >= 4 is 6.09 Å². The molecule has 2 bridgehead atoms. The zero-order chi connectivity index (χ0) is 23.2. The highest BCUT2D eigenvalue weighted by molar-refractivity contribution is 5.70. The van der Waals surface area contributed by atoms with Gasteiger partial charge in [0.05, 0.1) is 6.04 Å². The Kier molecular flexibility index (Phi) is 5.77. The molecule has 3 heterocycles. The van der Waals surface area contributed by atoms with Crippen molar-refractivity contribution in [1.82, 2.24) is 10.2 Å². The Hall–Kier alpha value is -2.67. The molecule has 1 N–H and O–H groups in total. The van der Waals surface area contributed by atoms with Crippen LogP contribution in [-0.4, -0.2) is 43.3 Å². The number of ether oxygens (including phenoxy) is 2. The number of amides is 1. The van der Waals surface area contributed by atoms with Gasteiger partial charge in [0.15, 0.2) is 0 Å². The van der Waals surface area contributed by atoms with E-state index in [1.807, 2.05) is 6.07 Å². The number of piperidine rings is 3. The third-order valence-corrected chi connectivity index (χ3v) is 7.41. The average Bonchev–Trinajstić information content (AvgIpc) is 3.03. The largest absolute Gasteiger partial charge is 0.445 e. The Morgan fingerprint density at radius 2 is 1.79 bits per heavy atom. The van der Waals surface area contributed by atoms with Gasteiger partial charge >= 0.3 is 12.7 Å². The molecule has 1 unspecified atom stereocenters. The number of hydrogen-bond donors (Lipinski definition) is 1. The number of benzene rings is 2. The summed E-state index contributed by atoms with van der Waals surface area (Å²) in [6, 6.07) is 12.7. The summed E-state index contributed by atoms with van der Waals surface area (Å²) < 4.78 is 35.1. The minimum atomic E-state index is -2.83. The van der Waals surface area contributed by atoms with E-state index in [1.54, 1.807) is 24.3 Å². The quantitative estimate of drug-likeness (QED) is 0.655. The molecule has 1 amide bonds. The first kappa shape index (κ1) is 22.1. The van der Waals surface area contributed by atoms with Gasteiger partial charge in [0.25, 0.3) is 0 Å². The van der Waals surface area contributed by atoms with Crippen molar-refractivity contribution in [2.75, 3.05) is 19.6 Å². The monoisotopic (exact) mass is 456 g/mol. The molecule has 3 aliphatic heterocycles. The van der Waals surface area contributed by atoms with E-state index in [0.29, 0.717) is 5.92 Å². The fourth-order valence-electron chi connectivity index (χ4n) is 5.67. The SMILES string of the molecule is CC1(C)Cc2cc(-c3ccc(OC(F)F)cc3)ccc2C1NC(=O)O[C@@H]1CN2CCC1CC2. The molecule has 176 valence electrons. The van der Waals surface area contributed by atoms with E-state index in [-0.39, 0.29) is 29.4 Å². The number of alkyl carbamates (subject to hydrolysis) is 1. The van der Waals surface area contributed by atoms with Crippen molar-refractivity contribution in [1.29, 1.82) is 0 Å². The van der Waals surface area contributed by atoms with E-state index in [9.17, 15) is 13.6 Å². The first-order valence-electron chi connectivity index (χ1n) is 11.7. The van der Waals surface area contributed by atoms with Gasteiger partial charge in [-0.05, 0) is 78.1 Å². The molecule has 0 radical (unpaired) electrons. The van der Waals surface area contributed by atoms with Crippen LogP contribution in [0.25, 0.3) is 11.1 Å². The summed E-state index contributed by atoms with van der Waals surface area (Å²) in [6.07, 6.45) is 2.68. The number of alkyl halides is 2. The predicted molar refractivity (Wildman–Crippen MR) is 121 cm³/mol. The molecule has 3 fully saturated rings. The summed E-state index contributed by atoms with van der Waals surface area (Å²) in [5.41, 5.74) is 4.06. The summed E-state index contributed by atoms with van der Waals surface area (Å²) in [6.45, 7) is 4.54. The van der Waals surface area contributed by atoms with Crippen LogP contribution in [-0.2, 0) is 11.2 Å². The Labute approximate surface area is 193 Å². The molecule has 33 heavy (non-hydrogen) atoms. The summed E-state index contributed by atoms with van der Waals surface area (Å²) in [5.74, 6) is 0.617. The van der Waals surface area contributed by atoms with Gasteiger partial charge in [-0.15, -0.1) is 0 Å². The number of carbonyl (C=O) groups is 1. The van der Waals surface area contributed by atoms with Gasteiger partial charge in [0, 0.05) is 6.54 Å². The van der Waals surface area contributed by atoms with Crippen molar-refractivity contribution in [3.05, 3.63) is 53.6 Å². The maximum atomic E-state index is 12.8. The Morgan fingerprint density at radius 1 is 1.09 bits per heavy atom. The molecular formula is C26H30F2N2O3. The van der Waals surface area contributed by atoms with Gasteiger partial charge < -0.3 is 14.8 Å². The van der Waals surface area contributed by atoms with E-state index in [2.05, 4.69) is 40.9 Å². The number of nitrogens with one attached hydrogen (secondary N) is 1. The standard InChI is InChI=1S/C26H30F2N2O3/c1-26(2)14-19-13-18(16-3-6-20(7-4-16)32-24(27)28)5-8-21(19)23(26)29-25(31)33-22-15-30-11-9-17(22)10-12-30/h3-8,13,17,22-24H,9-12,14-15H2,1-2H3,(H,29,31)/t22-,23?/m1/s1. The minimum Gasteiger partial charge on any atom is -0.445 e. The molecule has 0 saturated carbocycles. The predicted octanol–water partition coefficient (Wildman–Crippen LogP) is 5.40. The first-order chi connectivity index (χ1) is 15.8. The van der Waals surface area contributed by atoms with Crippen molar-refractivity contribution in [2.45, 2.75) is 51.9 Å². The highest BCUT2D eigenvalue weighted by Crippen LogP contribution is 2.46. The van der Waals surface area contributed by atoms with Gasteiger partial charge in [-0.25, -0.2) is 4.79 Å². The summed E-state index contributed by atoms with van der Waals surface area (Å²) >= 11 is 0. The summed E-state index contributed by atoms with van der Waals surface area (Å²) in [5, 5.41) is 3.15. The van der Waals surface area contributed by atoms with Crippen molar-refractivity contribution in [3.63, 3.8) is 0 Å². The summed E-state index contributed by atoms with van der Waals surface area (Å²) in [7, 11) is 0. The van der Waals surface area contributed by atoms with E-state index in [0.717, 1.165) is 55.6 Å².